The average molecular weight is 304 g/mol. The van der Waals surface area contributed by atoms with Crippen molar-refractivity contribution >= 4 is 23.3 Å². The van der Waals surface area contributed by atoms with Gasteiger partial charge in [0.05, 0.1) is 0 Å². The summed E-state index contributed by atoms with van der Waals surface area (Å²) < 4.78 is 0. The molecule has 0 fully saturated rings. The summed E-state index contributed by atoms with van der Waals surface area (Å²) in [6.45, 7) is 4.43. The van der Waals surface area contributed by atoms with Crippen LogP contribution in [0.1, 0.15) is 41.4 Å². The molecule has 2 aromatic rings. The van der Waals surface area contributed by atoms with Crippen LogP contribution in [-0.2, 0) is 6.54 Å². The molecule has 0 saturated heterocycles. The van der Waals surface area contributed by atoms with Crippen molar-refractivity contribution in [2.45, 2.75) is 26.3 Å². The molecule has 0 saturated carbocycles. The molecule has 1 aromatic carbocycles. The molecule has 1 heterocycles. The maximum absolute atomic E-state index is 12.2. The minimum Gasteiger partial charge on any atom is -0.384 e. The molecule has 21 heavy (non-hydrogen) atoms. The van der Waals surface area contributed by atoms with Crippen molar-refractivity contribution in [2.75, 3.05) is 5.73 Å². The molecule has 0 aliphatic rings. The predicted octanol–water partition coefficient (Wildman–Crippen LogP) is 3.37. The van der Waals surface area contributed by atoms with E-state index >= 15 is 0 Å². The lowest BCUT2D eigenvalue weighted by Gasteiger charge is -2.10. The molecular formula is C16H18ClN3O. The van der Waals surface area contributed by atoms with Crippen LogP contribution in [0.5, 0.6) is 0 Å². The predicted molar refractivity (Wildman–Crippen MR) is 85.4 cm³/mol. The topological polar surface area (TPSA) is 68.0 Å². The summed E-state index contributed by atoms with van der Waals surface area (Å²) in [5.74, 6) is 0.396. The van der Waals surface area contributed by atoms with E-state index in [0.717, 1.165) is 11.3 Å². The first-order valence-corrected chi connectivity index (χ1v) is 7.13. The Morgan fingerprint density at radius 3 is 2.76 bits per heavy atom. The lowest BCUT2D eigenvalue weighted by atomic mass is 10.1. The van der Waals surface area contributed by atoms with Crippen LogP contribution in [0.25, 0.3) is 0 Å². The maximum Gasteiger partial charge on any atom is 0.251 e. The highest BCUT2D eigenvalue weighted by Gasteiger charge is 2.10. The van der Waals surface area contributed by atoms with Gasteiger partial charge in [0.25, 0.3) is 5.91 Å². The smallest absolute Gasteiger partial charge is 0.251 e. The van der Waals surface area contributed by atoms with Crippen LogP contribution >= 0.6 is 11.6 Å². The molecular weight excluding hydrogens is 286 g/mol. The maximum atomic E-state index is 12.2. The van der Waals surface area contributed by atoms with Crippen molar-refractivity contribution in [3.63, 3.8) is 0 Å². The zero-order valence-corrected chi connectivity index (χ0v) is 12.8. The number of carbonyl (C=O) groups excluding carboxylic acids is 1. The van der Waals surface area contributed by atoms with E-state index in [0.29, 0.717) is 22.9 Å². The molecule has 0 spiro atoms. The number of hydrogen-bond acceptors (Lipinski definition) is 3. The van der Waals surface area contributed by atoms with Crippen LogP contribution in [0.15, 0.2) is 36.4 Å². The minimum absolute atomic E-state index is 0.175. The van der Waals surface area contributed by atoms with E-state index < -0.39 is 0 Å². The first-order chi connectivity index (χ1) is 9.95. The lowest BCUT2D eigenvalue weighted by molar-refractivity contribution is 0.0950. The van der Waals surface area contributed by atoms with Crippen molar-refractivity contribution in [3.05, 3.63) is 58.2 Å². The summed E-state index contributed by atoms with van der Waals surface area (Å²) >= 11 is 5.92. The molecule has 0 bridgehead atoms. The van der Waals surface area contributed by atoms with Gasteiger partial charge >= 0.3 is 0 Å². The normalized spacial score (nSPS) is 10.7. The molecule has 0 radical (unpaired) electrons. The zero-order valence-electron chi connectivity index (χ0n) is 12.1. The Morgan fingerprint density at radius 1 is 1.33 bits per heavy atom. The largest absolute Gasteiger partial charge is 0.384 e. The summed E-state index contributed by atoms with van der Waals surface area (Å²) in [6, 6.07) is 10.7. The number of amides is 1. The first-order valence-electron chi connectivity index (χ1n) is 6.76. The summed E-state index contributed by atoms with van der Waals surface area (Å²) in [5.41, 5.74) is 8.03. The minimum atomic E-state index is -0.175. The second-order valence-electron chi connectivity index (χ2n) is 5.17. The van der Waals surface area contributed by atoms with Crippen LogP contribution < -0.4 is 11.1 Å². The molecule has 5 heteroatoms. The number of benzene rings is 1. The number of aromatic nitrogens is 1. The SMILES string of the molecule is CC(C)c1cc(C(=O)NCc2cccc(Cl)c2)cc(N)n1. The third-order valence-corrected chi connectivity index (χ3v) is 3.30. The molecule has 0 atom stereocenters. The molecule has 3 N–H and O–H groups in total. The van der Waals surface area contributed by atoms with Crippen molar-refractivity contribution in [3.8, 4) is 0 Å². The van der Waals surface area contributed by atoms with Crippen LogP contribution in [-0.4, -0.2) is 10.9 Å². The second kappa shape index (κ2) is 6.59. The van der Waals surface area contributed by atoms with E-state index in [1.54, 1.807) is 18.2 Å². The fraction of sp³-hybridized carbons (Fsp3) is 0.250. The highest BCUT2D eigenvalue weighted by Crippen LogP contribution is 2.16. The monoisotopic (exact) mass is 303 g/mol. The first kappa shape index (κ1) is 15.3. The average Bonchev–Trinajstić information content (AvgIpc) is 2.44. The molecule has 1 aromatic heterocycles. The third kappa shape index (κ3) is 4.20. The second-order valence-corrected chi connectivity index (χ2v) is 5.61. The fourth-order valence-corrected chi connectivity index (χ4v) is 2.15. The molecule has 0 unspecified atom stereocenters. The number of nitrogens with zero attached hydrogens (tertiary/aromatic N) is 1. The van der Waals surface area contributed by atoms with Gasteiger partial charge in [-0.15, -0.1) is 0 Å². The summed E-state index contributed by atoms with van der Waals surface area (Å²) in [4.78, 5) is 16.4. The number of nitrogens with two attached hydrogens (primary N) is 1. The van der Waals surface area contributed by atoms with Gasteiger partial charge in [0.15, 0.2) is 0 Å². The molecule has 2 rings (SSSR count). The summed E-state index contributed by atoms with van der Waals surface area (Å²) in [5, 5.41) is 3.50. The van der Waals surface area contributed by atoms with E-state index in [4.69, 9.17) is 17.3 Å². The van der Waals surface area contributed by atoms with Crippen molar-refractivity contribution in [1.82, 2.24) is 10.3 Å². The molecule has 4 nitrogen and oxygen atoms in total. The van der Waals surface area contributed by atoms with Crippen LogP contribution in [0.2, 0.25) is 5.02 Å². The van der Waals surface area contributed by atoms with Crippen LogP contribution in [0, 0.1) is 0 Å². The van der Waals surface area contributed by atoms with Gasteiger partial charge in [0.2, 0.25) is 0 Å². The Hall–Kier alpha value is -2.07. The van der Waals surface area contributed by atoms with E-state index in [9.17, 15) is 4.79 Å². The Labute approximate surface area is 129 Å². The molecule has 0 aliphatic heterocycles. The molecule has 0 aliphatic carbocycles. The van der Waals surface area contributed by atoms with Gasteiger partial charge in [-0.3, -0.25) is 4.79 Å². The van der Waals surface area contributed by atoms with E-state index in [-0.39, 0.29) is 11.8 Å². The van der Waals surface area contributed by atoms with Crippen molar-refractivity contribution in [2.24, 2.45) is 0 Å². The number of pyridine rings is 1. The van der Waals surface area contributed by atoms with Crippen LogP contribution in [0.4, 0.5) is 5.82 Å². The molecule has 110 valence electrons. The summed E-state index contributed by atoms with van der Waals surface area (Å²) in [6.07, 6.45) is 0. The van der Waals surface area contributed by atoms with Gasteiger partial charge in [-0.25, -0.2) is 4.98 Å². The van der Waals surface area contributed by atoms with Gasteiger partial charge in [0, 0.05) is 22.8 Å². The highest BCUT2D eigenvalue weighted by atomic mass is 35.5. The number of carbonyl (C=O) groups is 1. The van der Waals surface area contributed by atoms with E-state index in [2.05, 4.69) is 10.3 Å². The van der Waals surface area contributed by atoms with Gasteiger partial charge in [-0.1, -0.05) is 37.6 Å². The number of nitrogens with one attached hydrogen (secondary N) is 1. The van der Waals surface area contributed by atoms with E-state index in [1.807, 2.05) is 32.0 Å². The Kier molecular flexibility index (Phi) is 4.81. The Bertz CT molecular complexity index is 656. The van der Waals surface area contributed by atoms with Gasteiger partial charge < -0.3 is 11.1 Å². The number of rotatable bonds is 4. The number of halogens is 1. The van der Waals surface area contributed by atoms with Crippen molar-refractivity contribution < 1.29 is 4.79 Å². The third-order valence-electron chi connectivity index (χ3n) is 3.06. The van der Waals surface area contributed by atoms with Crippen LogP contribution in [0.3, 0.4) is 0 Å². The van der Waals surface area contributed by atoms with Crippen molar-refractivity contribution in [1.29, 1.82) is 0 Å². The highest BCUT2D eigenvalue weighted by molar-refractivity contribution is 6.30. The standard InChI is InChI=1S/C16H18ClN3O/c1-10(2)14-7-12(8-15(18)20-14)16(21)19-9-11-4-3-5-13(17)6-11/h3-8,10H,9H2,1-2H3,(H2,18,20)(H,19,21). The number of anilines is 1. The lowest BCUT2D eigenvalue weighted by Crippen LogP contribution is -2.23. The Balaban J connectivity index is 2.10. The number of nitrogen functional groups attached to an aromatic ring is 1. The summed E-state index contributed by atoms with van der Waals surface area (Å²) in [7, 11) is 0. The Morgan fingerprint density at radius 2 is 2.10 bits per heavy atom. The van der Waals surface area contributed by atoms with E-state index in [1.165, 1.54) is 0 Å². The zero-order chi connectivity index (χ0) is 15.4. The fourth-order valence-electron chi connectivity index (χ4n) is 1.93. The van der Waals surface area contributed by atoms with Gasteiger partial charge in [-0.05, 0) is 35.7 Å². The number of hydrogen-bond donors (Lipinski definition) is 2. The molecule has 1 amide bonds. The van der Waals surface area contributed by atoms with Gasteiger partial charge in [-0.2, -0.15) is 0 Å². The quantitative estimate of drug-likeness (QED) is 0.910. The van der Waals surface area contributed by atoms with Gasteiger partial charge in [0.1, 0.15) is 5.82 Å².